The molecule has 5 rings (SSSR count). The molecule has 0 bridgehead atoms. The molecule has 0 spiro atoms. The number of furan rings is 1. The first-order chi connectivity index (χ1) is 14.5. The van der Waals surface area contributed by atoms with Crippen molar-refractivity contribution in [1.82, 2.24) is 14.9 Å². The molecule has 1 aliphatic rings. The molecule has 0 saturated heterocycles. The van der Waals surface area contributed by atoms with Gasteiger partial charge in [-0.15, -0.1) is 11.3 Å². The van der Waals surface area contributed by atoms with E-state index in [1.54, 1.807) is 11.3 Å². The standard InChI is InChI=1S/C23H23N3O3S/c1-13-7-8-16-19(9-13)30-22-21(16)23(28)26(12-24-22)11-20(27)25-14(2)18-10-15-5-3-4-6-17(15)29-18/h3-6,10,12-14H,7-9,11H2,1-2H3,(H,25,27)/t13-,14+/m1/s1. The van der Waals surface area contributed by atoms with E-state index in [0.29, 0.717) is 17.1 Å². The Morgan fingerprint density at radius 3 is 3.07 bits per heavy atom. The Labute approximate surface area is 177 Å². The van der Waals surface area contributed by atoms with Crippen LogP contribution in [-0.4, -0.2) is 15.5 Å². The summed E-state index contributed by atoms with van der Waals surface area (Å²) in [6, 6.07) is 9.37. The van der Waals surface area contributed by atoms with Gasteiger partial charge in [-0.1, -0.05) is 25.1 Å². The molecule has 0 aliphatic heterocycles. The van der Waals surface area contributed by atoms with Crippen LogP contribution in [0.1, 0.15) is 42.5 Å². The van der Waals surface area contributed by atoms with Gasteiger partial charge in [-0.05, 0) is 49.8 Å². The van der Waals surface area contributed by atoms with Crippen LogP contribution in [0.25, 0.3) is 21.2 Å². The van der Waals surface area contributed by atoms with Crippen molar-refractivity contribution in [2.75, 3.05) is 0 Å². The van der Waals surface area contributed by atoms with Gasteiger partial charge in [0.25, 0.3) is 5.56 Å². The van der Waals surface area contributed by atoms with Crippen molar-refractivity contribution in [3.63, 3.8) is 0 Å². The molecule has 7 heteroatoms. The SMILES string of the molecule is C[C@@H]1CCc2c(sc3ncn(CC(=O)N[C@@H](C)c4cc5ccccc5o4)c(=O)c23)C1. The number of hydrogen-bond donors (Lipinski definition) is 1. The monoisotopic (exact) mass is 421 g/mol. The maximum atomic E-state index is 13.1. The Morgan fingerprint density at radius 1 is 1.40 bits per heavy atom. The highest BCUT2D eigenvalue weighted by molar-refractivity contribution is 7.18. The van der Waals surface area contributed by atoms with Crippen LogP contribution in [0.2, 0.25) is 0 Å². The fourth-order valence-corrected chi connectivity index (χ4v) is 5.55. The van der Waals surface area contributed by atoms with Gasteiger partial charge in [0, 0.05) is 10.3 Å². The molecule has 1 N–H and O–H groups in total. The summed E-state index contributed by atoms with van der Waals surface area (Å²) in [5, 5.41) is 4.62. The summed E-state index contributed by atoms with van der Waals surface area (Å²) in [5.74, 6) is 1.08. The zero-order valence-electron chi connectivity index (χ0n) is 17.0. The Morgan fingerprint density at radius 2 is 2.23 bits per heavy atom. The highest BCUT2D eigenvalue weighted by atomic mass is 32.1. The second-order valence-corrected chi connectivity index (χ2v) is 9.27. The van der Waals surface area contributed by atoms with Crippen molar-refractivity contribution in [1.29, 1.82) is 0 Å². The van der Waals surface area contributed by atoms with Crippen LogP contribution >= 0.6 is 11.3 Å². The molecular formula is C23H23N3O3S. The molecule has 0 radical (unpaired) electrons. The number of carbonyl (C=O) groups excluding carboxylic acids is 1. The van der Waals surface area contributed by atoms with Crippen molar-refractivity contribution in [3.8, 4) is 0 Å². The number of para-hydroxylation sites is 1. The molecule has 6 nitrogen and oxygen atoms in total. The lowest BCUT2D eigenvalue weighted by Gasteiger charge is -2.17. The topological polar surface area (TPSA) is 77.1 Å². The third kappa shape index (κ3) is 3.33. The van der Waals surface area contributed by atoms with Gasteiger partial charge in [0.2, 0.25) is 5.91 Å². The molecule has 1 aliphatic carbocycles. The Bertz CT molecular complexity index is 1280. The lowest BCUT2D eigenvalue weighted by atomic mass is 9.89. The van der Waals surface area contributed by atoms with E-state index in [0.717, 1.165) is 40.6 Å². The van der Waals surface area contributed by atoms with E-state index in [9.17, 15) is 9.59 Å². The van der Waals surface area contributed by atoms with E-state index in [4.69, 9.17) is 4.42 Å². The Balaban J connectivity index is 1.36. The second kappa shape index (κ2) is 7.40. The second-order valence-electron chi connectivity index (χ2n) is 8.19. The van der Waals surface area contributed by atoms with E-state index >= 15 is 0 Å². The minimum absolute atomic E-state index is 0.0621. The van der Waals surface area contributed by atoms with Gasteiger partial charge in [-0.3, -0.25) is 14.2 Å². The number of hydrogen-bond acceptors (Lipinski definition) is 5. The minimum Gasteiger partial charge on any atom is -0.459 e. The van der Waals surface area contributed by atoms with Crippen LogP contribution in [-0.2, 0) is 24.2 Å². The lowest BCUT2D eigenvalue weighted by Crippen LogP contribution is -2.34. The fourth-order valence-electron chi connectivity index (χ4n) is 4.21. The molecule has 4 aromatic rings. The molecule has 3 aromatic heterocycles. The number of aryl methyl sites for hydroxylation is 1. The summed E-state index contributed by atoms with van der Waals surface area (Å²) in [5.41, 5.74) is 1.80. The van der Waals surface area contributed by atoms with E-state index in [1.165, 1.54) is 15.8 Å². The van der Waals surface area contributed by atoms with Gasteiger partial charge >= 0.3 is 0 Å². The summed E-state index contributed by atoms with van der Waals surface area (Å²) in [7, 11) is 0. The van der Waals surface area contributed by atoms with Crippen LogP contribution < -0.4 is 10.9 Å². The fraction of sp³-hybridized carbons (Fsp3) is 0.348. The van der Waals surface area contributed by atoms with Crippen molar-refractivity contribution in [2.45, 2.75) is 45.7 Å². The number of fused-ring (bicyclic) bond motifs is 4. The molecule has 0 fully saturated rings. The molecule has 0 unspecified atom stereocenters. The molecule has 30 heavy (non-hydrogen) atoms. The van der Waals surface area contributed by atoms with Crippen LogP contribution in [0.15, 0.2) is 45.9 Å². The number of thiophene rings is 1. The average Bonchev–Trinajstić information content (AvgIpc) is 3.31. The van der Waals surface area contributed by atoms with Crippen LogP contribution in [0.5, 0.6) is 0 Å². The van der Waals surface area contributed by atoms with Crippen molar-refractivity contribution in [3.05, 3.63) is 63.2 Å². The zero-order valence-corrected chi connectivity index (χ0v) is 17.8. The highest BCUT2D eigenvalue weighted by Crippen LogP contribution is 2.35. The van der Waals surface area contributed by atoms with Crippen LogP contribution in [0, 0.1) is 5.92 Å². The van der Waals surface area contributed by atoms with Gasteiger partial charge in [0.05, 0.1) is 17.8 Å². The Kier molecular flexibility index (Phi) is 4.70. The van der Waals surface area contributed by atoms with E-state index in [1.807, 2.05) is 37.3 Å². The summed E-state index contributed by atoms with van der Waals surface area (Å²) in [4.78, 5) is 32.2. The first kappa shape index (κ1) is 19.1. The number of aromatic nitrogens is 2. The number of nitrogens with one attached hydrogen (secondary N) is 1. The number of benzene rings is 1. The third-order valence-corrected chi connectivity index (χ3v) is 7.01. The quantitative estimate of drug-likeness (QED) is 0.536. The molecule has 1 amide bonds. The summed E-state index contributed by atoms with van der Waals surface area (Å²) in [6.07, 6.45) is 4.49. The molecule has 154 valence electrons. The Hall–Kier alpha value is -2.93. The van der Waals surface area contributed by atoms with Gasteiger partial charge in [-0.2, -0.15) is 0 Å². The van der Waals surface area contributed by atoms with Crippen molar-refractivity contribution >= 4 is 38.4 Å². The van der Waals surface area contributed by atoms with E-state index < -0.39 is 0 Å². The predicted octanol–water partition coefficient (Wildman–Crippen LogP) is 4.21. The predicted molar refractivity (Wildman–Crippen MR) is 118 cm³/mol. The molecular weight excluding hydrogens is 398 g/mol. The number of rotatable bonds is 4. The van der Waals surface area contributed by atoms with E-state index in [-0.39, 0.29) is 24.1 Å². The van der Waals surface area contributed by atoms with Gasteiger partial charge < -0.3 is 9.73 Å². The normalized spacial score (nSPS) is 17.2. The zero-order chi connectivity index (χ0) is 20.8. The highest BCUT2D eigenvalue weighted by Gasteiger charge is 2.23. The van der Waals surface area contributed by atoms with Gasteiger partial charge in [0.15, 0.2) is 0 Å². The van der Waals surface area contributed by atoms with Crippen molar-refractivity contribution in [2.24, 2.45) is 5.92 Å². The van der Waals surface area contributed by atoms with E-state index in [2.05, 4.69) is 17.2 Å². The van der Waals surface area contributed by atoms with Gasteiger partial charge in [0.1, 0.15) is 22.7 Å². The third-order valence-electron chi connectivity index (χ3n) is 5.85. The largest absolute Gasteiger partial charge is 0.459 e. The first-order valence-corrected chi connectivity index (χ1v) is 11.1. The molecule has 3 heterocycles. The number of nitrogens with zero attached hydrogens (tertiary/aromatic N) is 2. The van der Waals surface area contributed by atoms with Crippen LogP contribution in [0.4, 0.5) is 0 Å². The lowest BCUT2D eigenvalue weighted by molar-refractivity contribution is -0.122. The smallest absolute Gasteiger partial charge is 0.262 e. The number of carbonyl (C=O) groups is 1. The maximum Gasteiger partial charge on any atom is 0.262 e. The summed E-state index contributed by atoms with van der Waals surface area (Å²) >= 11 is 1.62. The number of amides is 1. The first-order valence-electron chi connectivity index (χ1n) is 10.3. The van der Waals surface area contributed by atoms with Crippen molar-refractivity contribution < 1.29 is 9.21 Å². The summed E-state index contributed by atoms with van der Waals surface area (Å²) < 4.78 is 7.24. The molecule has 2 atom stereocenters. The maximum absolute atomic E-state index is 13.1. The molecule has 1 aromatic carbocycles. The summed E-state index contributed by atoms with van der Waals surface area (Å²) in [6.45, 7) is 4.05. The average molecular weight is 422 g/mol. The molecule has 0 saturated carbocycles. The minimum atomic E-state index is -0.298. The van der Waals surface area contributed by atoms with Crippen LogP contribution in [0.3, 0.4) is 0 Å². The van der Waals surface area contributed by atoms with Gasteiger partial charge in [-0.25, -0.2) is 4.98 Å².